The maximum absolute atomic E-state index is 4.52. The monoisotopic (exact) mass is 480 g/mol. The molecule has 1 aromatic rings. The molecule has 1 saturated heterocycles. The molecule has 1 aliphatic heterocycles. The first kappa shape index (κ1) is 22.6. The molecule has 1 aliphatic rings. The predicted octanol–water partition coefficient (Wildman–Crippen LogP) is 2.10. The third kappa shape index (κ3) is 8.19. The number of aromatic nitrogens is 1. The Morgan fingerprint density at radius 2 is 2.04 bits per heavy atom. The maximum Gasteiger partial charge on any atom is 0.193 e. The maximum atomic E-state index is 4.52. The van der Waals surface area contributed by atoms with Crippen molar-refractivity contribution >= 4 is 41.3 Å². The zero-order valence-electron chi connectivity index (χ0n) is 16.0. The second-order valence-electron chi connectivity index (χ2n) is 6.54. The first-order valence-corrected chi connectivity index (χ1v) is 9.70. The third-order valence-corrected chi connectivity index (χ3v) is 5.24. The summed E-state index contributed by atoms with van der Waals surface area (Å²) in [6, 6.07) is 0. The summed E-state index contributed by atoms with van der Waals surface area (Å²) in [4.78, 5) is 16.0. The smallest absolute Gasteiger partial charge is 0.193 e. The lowest BCUT2D eigenvalue weighted by atomic mass is 10.2. The second kappa shape index (κ2) is 12.0. The largest absolute Gasteiger partial charge is 0.356 e. The van der Waals surface area contributed by atoms with Crippen molar-refractivity contribution in [2.75, 3.05) is 60.4 Å². The van der Waals surface area contributed by atoms with E-state index in [1.807, 2.05) is 14.0 Å². The van der Waals surface area contributed by atoms with Gasteiger partial charge in [0, 0.05) is 52.2 Å². The number of aryl methyl sites for hydroxylation is 1. The average Bonchev–Trinajstić information content (AvgIpc) is 2.97. The molecule has 1 aromatic heterocycles. The van der Waals surface area contributed by atoms with Gasteiger partial charge in [-0.15, -0.1) is 35.3 Å². The van der Waals surface area contributed by atoms with E-state index in [0.29, 0.717) is 0 Å². The highest BCUT2D eigenvalue weighted by Gasteiger charge is 2.13. The van der Waals surface area contributed by atoms with E-state index >= 15 is 0 Å². The lowest BCUT2D eigenvalue weighted by Crippen LogP contribution is -2.44. The van der Waals surface area contributed by atoms with Crippen LogP contribution in [-0.2, 0) is 6.54 Å². The fourth-order valence-corrected chi connectivity index (χ4v) is 3.52. The van der Waals surface area contributed by atoms with Crippen LogP contribution in [-0.4, -0.2) is 86.1 Å². The van der Waals surface area contributed by atoms with E-state index in [1.54, 1.807) is 11.3 Å². The van der Waals surface area contributed by atoms with Gasteiger partial charge in [0.1, 0.15) is 0 Å². The predicted molar refractivity (Wildman–Crippen MR) is 118 cm³/mol. The van der Waals surface area contributed by atoms with Crippen LogP contribution in [0.15, 0.2) is 10.4 Å². The summed E-state index contributed by atoms with van der Waals surface area (Å²) in [6.07, 6.45) is 2.41. The Balaban J connectivity index is 0.00000312. The molecule has 2 heterocycles. The summed E-state index contributed by atoms with van der Waals surface area (Å²) in [7, 11) is 6.11. The van der Waals surface area contributed by atoms with Crippen molar-refractivity contribution in [3.63, 3.8) is 0 Å². The highest BCUT2D eigenvalue weighted by atomic mass is 127. The van der Waals surface area contributed by atoms with Crippen molar-refractivity contribution < 1.29 is 0 Å². The minimum absolute atomic E-state index is 0. The van der Waals surface area contributed by atoms with Gasteiger partial charge in [0.2, 0.25) is 0 Å². The molecule has 0 unspecified atom stereocenters. The molecule has 0 aromatic carbocycles. The van der Waals surface area contributed by atoms with E-state index in [0.717, 1.165) is 29.8 Å². The second-order valence-corrected chi connectivity index (χ2v) is 7.60. The van der Waals surface area contributed by atoms with Crippen LogP contribution in [0.2, 0.25) is 0 Å². The zero-order chi connectivity index (χ0) is 17.4. The van der Waals surface area contributed by atoms with Crippen LogP contribution in [0.5, 0.6) is 0 Å². The Kier molecular flexibility index (Phi) is 10.9. The molecular formula is C17H33IN6S. The van der Waals surface area contributed by atoms with E-state index in [2.05, 4.69) is 49.5 Å². The van der Waals surface area contributed by atoms with E-state index in [1.165, 1.54) is 45.6 Å². The fourth-order valence-electron chi connectivity index (χ4n) is 2.92. The van der Waals surface area contributed by atoms with Crippen molar-refractivity contribution in [3.8, 4) is 0 Å². The number of rotatable bonds is 7. The average molecular weight is 480 g/mol. The van der Waals surface area contributed by atoms with Crippen LogP contribution < -0.4 is 5.32 Å². The normalized spacial score (nSPS) is 16.6. The summed E-state index contributed by atoms with van der Waals surface area (Å²) in [6.45, 7) is 9.84. The molecule has 0 atom stereocenters. The molecule has 0 spiro atoms. The molecule has 0 aliphatic carbocycles. The number of piperazine rings is 1. The number of guanidine groups is 1. The number of nitrogens with zero attached hydrogens (tertiary/aromatic N) is 5. The van der Waals surface area contributed by atoms with Gasteiger partial charge in [-0.05, 0) is 33.4 Å². The van der Waals surface area contributed by atoms with Crippen LogP contribution >= 0.6 is 35.3 Å². The first-order chi connectivity index (χ1) is 11.6. The number of aliphatic imine (C=N–C) groups is 1. The summed E-state index contributed by atoms with van der Waals surface area (Å²) in [5.41, 5.74) is 1.11. The minimum atomic E-state index is 0. The molecule has 1 fully saturated rings. The van der Waals surface area contributed by atoms with Crippen LogP contribution in [0, 0.1) is 6.92 Å². The number of hydrogen-bond donors (Lipinski definition) is 1. The number of hydrogen-bond acceptors (Lipinski definition) is 5. The van der Waals surface area contributed by atoms with Gasteiger partial charge in [-0.3, -0.25) is 4.99 Å². The van der Waals surface area contributed by atoms with Gasteiger partial charge in [-0.1, -0.05) is 0 Å². The van der Waals surface area contributed by atoms with Gasteiger partial charge in [0.25, 0.3) is 0 Å². The Hall–Kier alpha value is -0.450. The summed E-state index contributed by atoms with van der Waals surface area (Å²) in [5.74, 6) is 0.945. The van der Waals surface area contributed by atoms with Crippen LogP contribution in [0.25, 0.3) is 0 Å². The highest BCUT2D eigenvalue weighted by molar-refractivity contribution is 14.0. The molecule has 25 heavy (non-hydrogen) atoms. The van der Waals surface area contributed by atoms with Crippen LogP contribution in [0.3, 0.4) is 0 Å². The topological polar surface area (TPSA) is 47.0 Å². The first-order valence-electron chi connectivity index (χ1n) is 8.82. The summed E-state index contributed by atoms with van der Waals surface area (Å²) in [5, 5.41) is 6.70. The van der Waals surface area contributed by atoms with Crippen molar-refractivity contribution in [1.82, 2.24) is 25.0 Å². The standard InChI is InChI=1S/C17H32N6S.HI/c1-15-20-16(14-24-15)13-22(4)17(18-2)19-7-5-6-8-23-11-9-21(3)10-12-23;/h14H,5-13H2,1-4H3,(H,18,19);1H. The van der Waals surface area contributed by atoms with Gasteiger partial charge < -0.3 is 20.0 Å². The highest BCUT2D eigenvalue weighted by Crippen LogP contribution is 2.09. The van der Waals surface area contributed by atoms with Crippen molar-refractivity contribution in [2.24, 2.45) is 4.99 Å². The van der Waals surface area contributed by atoms with Crippen LogP contribution in [0.1, 0.15) is 23.5 Å². The molecule has 0 bridgehead atoms. The summed E-state index contributed by atoms with van der Waals surface area (Å²) < 4.78 is 0. The quantitative estimate of drug-likeness (QED) is 0.281. The Bertz CT molecular complexity index is 513. The molecule has 1 N–H and O–H groups in total. The molecule has 0 amide bonds. The molecular weight excluding hydrogens is 447 g/mol. The number of halogens is 1. The SMILES string of the molecule is CN=C(NCCCCN1CCN(C)CC1)N(C)Cc1csc(C)n1.I. The number of unbranched alkanes of at least 4 members (excludes halogenated alkanes) is 1. The molecule has 8 heteroatoms. The lowest BCUT2D eigenvalue weighted by Gasteiger charge is -2.32. The molecule has 0 radical (unpaired) electrons. The molecule has 2 rings (SSSR count). The molecule has 0 saturated carbocycles. The third-order valence-electron chi connectivity index (χ3n) is 4.42. The van der Waals surface area contributed by atoms with Gasteiger partial charge in [0.05, 0.1) is 17.2 Å². The van der Waals surface area contributed by atoms with Gasteiger partial charge in [0.15, 0.2) is 5.96 Å². The minimum Gasteiger partial charge on any atom is -0.356 e. The van der Waals surface area contributed by atoms with E-state index in [9.17, 15) is 0 Å². The van der Waals surface area contributed by atoms with Crippen molar-refractivity contribution in [1.29, 1.82) is 0 Å². The number of thiazole rings is 1. The van der Waals surface area contributed by atoms with E-state index < -0.39 is 0 Å². The van der Waals surface area contributed by atoms with Gasteiger partial charge in [-0.25, -0.2) is 4.98 Å². The Morgan fingerprint density at radius 1 is 1.32 bits per heavy atom. The van der Waals surface area contributed by atoms with Gasteiger partial charge >= 0.3 is 0 Å². The van der Waals surface area contributed by atoms with E-state index in [-0.39, 0.29) is 24.0 Å². The molecule has 6 nitrogen and oxygen atoms in total. The number of likely N-dealkylation sites (N-methyl/N-ethyl adjacent to an activating group) is 1. The summed E-state index contributed by atoms with van der Waals surface area (Å²) >= 11 is 1.70. The fraction of sp³-hybridized carbons (Fsp3) is 0.765. The lowest BCUT2D eigenvalue weighted by molar-refractivity contribution is 0.152. The van der Waals surface area contributed by atoms with E-state index in [4.69, 9.17) is 0 Å². The van der Waals surface area contributed by atoms with Crippen LogP contribution in [0.4, 0.5) is 0 Å². The van der Waals surface area contributed by atoms with Crippen molar-refractivity contribution in [3.05, 3.63) is 16.1 Å². The van der Waals surface area contributed by atoms with Gasteiger partial charge in [-0.2, -0.15) is 0 Å². The van der Waals surface area contributed by atoms with Crippen molar-refractivity contribution in [2.45, 2.75) is 26.3 Å². The Morgan fingerprint density at radius 3 is 2.64 bits per heavy atom. The molecule has 144 valence electrons. The zero-order valence-corrected chi connectivity index (χ0v) is 19.1. The Labute approximate surface area is 173 Å². The number of nitrogens with one attached hydrogen (secondary N) is 1.